The van der Waals surface area contributed by atoms with Crippen LogP contribution in [0.25, 0.3) is 22.3 Å². The van der Waals surface area contributed by atoms with E-state index in [-0.39, 0.29) is 18.3 Å². The fourth-order valence-corrected chi connectivity index (χ4v) is 5.20. The summed E-state index contributed by atoms with van der Waals surface area (Å²) in [7, 11) is 0. The Morgan fingerprint density at radius 2 is 1.89 bits per heavy atom. The summed E-state index contributed by atoms with van der Waals surface area (Å²) >= 11 is 2.47. The number of carbonyl (C=O) groups is 2. The van der Waals surface area contributed by atoms with Crippen LogP contribution in [0.1, 0.15) is 40.3 Å². The van der Waals surface area contributed by atoms with Crippen LogP contribution in [0.4, 0.5) is 5.13 Å². The Hall–Kier alpha value is -3.30. The molecule has 35 heavy (non-hydrogen) atoms. The van der Waals surface area contributed by atoms with Crippen LogP contribution in [0.5, 0.6) is 0 Å². The van der Waals surface area contributed by atoms with Gasteiger partial charge in [0.15, 0.2) is 11.0 Å². The minimum absolute atomic E-state index is 0.142. The van der Waals surface area contributed by atoms with Gasteiger partial charge in [-0.2, -0.15) is 0 Å². The van der Waals surface area contributed by atoms with Crippen molar-refractivity contribution in [2.24, 2.45) is 0 Å². The minimum Gasteiger partial charge on any atom is -0.462 e. The molecule has 0 fully saturated rings. The summed E-state index contributed by atoms with van der Waals surface area (Å²) in [5.74, 6) is 0.112. The van der Waals surface area contributed by atoms with Crippen molar-refractivity contribution >= 4 is 51.0 Å². The third-order valence-electron chi connectivity index (χ3n) is 5.25. The molecule has 0 atom stereocenters. The highest BCUT2D eigenvalue weighted by molar-refractivity contribution is 8.00. The summed E-state index contributed by atoms with van der Waals surface area (Å²) in [5.41, 5.74) is 4.62. The number of esters is 1. The van der Waals surface area contributed by atoms with Gasteiger partial charge in [0, 0.05) is 10.9 Å². The van der Waals surface area contributed by atoms with E-state index in [2.05, 4.69) is 35.4 Å². The second-order valence-corrected chi connectivity index (χ2v) is 9.88. The molecule has 180 valence electrons. The monoisotopic (exact) mass is 506 g/mol. The largest absolute Gasteiger partial charge is 0.462 e. The number of hydrogen-bond acceptors (Lipinski definition) is 8. The SMILES string of the molecule is CCOC(=O)c1sc(NC(=O)CSc2nc(-c3cccc(C)c3)nc3ccc(CC)cc23)nc1C. The Kier molecular flexibility index (Phi) is 7.77. The van der Waals surface area contributed by atoms with Gasteiger partial charge >= 0.3 is 5.97 Å². The van der Waals surface area contributed by atoms with Crippen molar-refractivity contribution in [1.29, 1.82) is 0 Å². The zero-order valence-electron chi connectivity index (χ0n) is 20.0. The Morgan fingerprint density at radius 3 is 2.63 bits per heavy atom. The smallest absolute Gasteiger partial charge is 0.350 e. The van der Waals surface area contributed by atoms with Crippen molar-refractivity contribution in [2.45, 2.75) is 39.1 Å². The second kappa shape index (κ2) is 11.0. The molecular weight excluding hydrogens is 480 g/mol. The number of amides is 1. The number of hydrogen-bond donors (Lipinski definition) is 1. The van der Waals surface area contributed by atoms with Gasteiger partial charge in [0.05, 0.1) is 23.6 Å². The number of aromatic nitrogens is 3. The first-order valence-electron chi connectivity index (χ1n) is 11.3. The Bertz CT molecular complexity index is 1400. The molecule has 2 aromatic heterocycles. The number of carbonyl (C=O) groups excluding carboxylic acids is 2. The van der Waals surface area contributed by atoms with Crippen LogP contribution in [-0.4, -0.2) is 39.2 Å². The van der Waals surface area contributed by atoms with E-state index in [0.29, 0.717) is 21.5 Å². The van der Waals surface area contributed by atoms with Gasteiger partial charge in [-0.15, -0.1) is 0 Å². The first-order chi connectivity index (χ1) is 16.9. The molecule has 7 nitrogen and oxygen atoms in total. The maximum atomic E-state index is 12.7. The molecule has 0 aliphatic carbocycles. The van der Waals surface area contributed by atoms with Gasteiger partial charge in [-0.05, 0) is 51.0 Å². The maximum absolute atomic E-state index is 12.7. The molecule has 2 heterocycles. The van der Waals surface area contributed by atoms with Crippen molar-refractivity contribution in [2.75, 3.05) is 17.7 Å². The zero-order valence-corrected chi connectivity index (χ0v) is 21.7. The van der Waals surface area contributed by atoms with E-state index in [1.807, 2.05) is 31.2 Å². The maximum Gasteiger partial charge on any atom is 0.350 e. The summed E-state index contributed by atoms with van der Waals surface area (Å²) in [6.07, 6.45) is 0.895. The number of benzene rings is 2. The molecule has 0 aliphatic rings. The third kappa shape index (κ3) is 5.86. The Labute approximate surface area is 212 Å². The number of rotatable bonds is 8. The van der Waals surface area contributed by atoms with Gasteiger partial charge < -0.3 is 10.1 Å². The number of fused-ring (bicyclic) bond motifs is 1. The molecule has 4 rings (SSSR count). The van der Waals surface area contributed by atoms with Crippen LogP contribution in [0.2, 0.25) is 0 Å². The molecule has 0 spiro atoms. The topological polar surface area (TPSA) is 94.1 Å². The molecule has 0 aliphatic heterocycles. The minimum atomic E-state index is -0.430. The molecule has 9 heteroatoms. The highest BCUT2D eigenvalue weighted by Gasteiger charge is 2.18. The number of anilines is 1. The summed E-state index contributed by atoms with van der Waals surface area (Å²) in [6.45, 7) is 7.89. The predicted octanol–water partition coefficient (Wildman–Crippen LogP) is 5.84. The molecule has 0 radical (unpaired) electrons. The molecule has 0 saturated heterocycles. The lowest BCUT2D eigenvalue weighted by Gasteiger charge is -2.10. The lowest BCUT2D eigenvalue weighted by molar-refractivity contribution is -0.113. The van der Waals surface area contributed by atoms with Crippen molar-refractivity contribution < 1.29 is 14.3 Å². The van der Waals surface area contributed by atoms with Gasteiger partial charge in [0.1, 0.15) is 9.90 Å². The number of aryl methyl sites for hydroxylation is 3. The predicted molar refractivity (Wildman–Crippen MR) is 141 cm³/mol. The lowest BCUT2D eigenvalue weighted by Crippen LogP contribution is -2.14. The van der Waals surface area contributed by atoms with Crippen molar-refractivity contribution in [3.05, 3.63) is 64.2 Å². The molecule has 2 aromatic carbocycles. The standard InChI is InChI=1S/C26H26N4O3S2/c1-5-17-10-11-20-19(13-17)24(30-23(28-20)18-9-7-8-15(3)12-18)34-14-21(31)29-26-27-16(4)22(35-26)25(32)33-6-2/h7-13H,5-6,14H2,1-4H3,(H,27,29,31). The van der Waals surface area contributed by atoms with E-state index in [0.717, 1.165) is 44.8 Å². The van der Waals surface area contributed by atoms with Gasteiger partial charge in [0.25, 0.3) is 0 Å². The zero-order chi connectivity index (χ0) is 24.9. The van der Waals surface area contributed by atoms with Crippen LogP contribution in [0, 0.1) is 13.8 Å². The number of ether oxygens (including phenoxy) is 1. The second-order valence-electron chi connectivity index (χ2n) is 7.92. The molecule has 0 unspecified atom stereocenters. The summed E-state index contributed by atoms with van der Waals surface area (Å²) < 4.78 is 5.05. The molecule has 4 aromatic rings. The van der Waals surface area contributed by atoms with E-state index >= 15 is 0 Å². The Balaban J connectivity index is 1.57. The van der Waals surface area contributed by atoms with Gasteiger partial charge in [-0.1, -0.05) is 59.9 Å². The summed E-state index contributed by atoms with van der Waals surface area (Å²) in [4.78, 5) is 39.1. The number of nitrogens with one attached hydrogen (secondary N) is 1. The van der Waals surface area contributed by atoms with Gasteiger partial charge in [-0.3, -0.25) is 4.79 Å². The third-order valence-corrected chi connectivity index (χ3v) is 7.30. The number of thioether (sulfide) groups is 1. The van der Waals surface area contributed by atoms with E-state index in [1.165, 1.54) is 17.3 Å². The normalized spacial score (nSPS) is 11.0. The fraction of sp³-hybridized carbons (Fsp3) is 0.269. The quantitative estimate of drug-likeness (QED) is 0.182. The van der Waals surface area contributed by atoms with E-state index in [4.69, 9.17) is 14.7 Å². The van der Waals surface area contributed by atoms with E-state index in [9.17, 15) is 9.59 Å². The van der Waals surface area contributed by atoms with Crippen LogP contribution < -0.4 is 5.32 Å². The first kappa shape index (κ1) is 24.8. The van der Waals surface area contributed by atoms with Crippen molar-refractivity contribution in [3.63, 3.8) is 0 Å². The molecule has 1 N–H and O–H groups in total. The van der Waals surface area contributed by atoms with Crippen molar-refractivity contribution in [3.8, 4) is 11.4 Å². The molecule has 1 amide bonds. The number of thiazole rings is 1. The molecule has 0 saturated carbocycles. The van der Waals surface area contributed by atoms with Crippen LogP contribution >= 0.6 is 23.1 Å². The molecular formula is C26H26N4O3S2. The van der Waals surface area contributed by atoms with E-state index in [1.54, 1.807) is 13.8 Å². The fourth-order valence-electron chi connectivity index (χ4n) is 3.52. The van der Waals surface area contributed by atoms with Crippen molar-refractivity contribution in [1.82, 2.24) is 15.0 Å². The first-order valence-corrected chi connectivity index (χ1v) is 13.1. The average Bonchev–Trinajstić information content (AvgIpc) is 3.22. The van der Waals surface area contributed by atoms with Crippen LogP contribution in [0.15, 0.2) is 47.5 Å². The van der Waals surface area contributed by atoms with Crippen LogP contribution in [0.3, 0.4) is 0 Å². The number of nitrogens with zero attached hydrogens (tertiary/aromatic N) is 3. The van der Waals surface area contributed by atoms with Crippen LogP contribution in [-0.2, 0) is 16.0 Å². The average molecular weight is 507 g/mol. The Morgan fingerprint density at radius 1 is 1.06 bits per heavy atom. The summed E-state index contributed by atoms with van der Waals surface area (Å²) in [5, 5.41) is 4.84. The highest BCUT2D eigenvalue weighted by atomic mass is 32.2. The lowest BCUT2D eigenvalue weighted by atomic mass is 10.1. The van der Waals surface area contributed by atoms with Gasteiger partial charge in [-0.25, -0.2) is 19.7 Å². The summed E-state index contributed by atoms with van der Waals surface area (Å²) in [6, 6.07) is 14.2. The molecule has 0 bridgehead atoms. The highest BCUT2D eigenvalue weighted by Crippen LogP contribution is 2.30. The van der Waals surface area contributed by atoms with Gasteiger partial charge in [0.2, 0.25) is 5.91 Å². The van der Waals surface area contributed by atoms with E-state index < -0.39 is 5.97 Å².